The summed E-state index contributed by atoms with van der Waals surface area (Å²) in [7, 11) is 0. The van der Waals surface area contributed by atoms with Crippen LogP contribution >= 0.6 is 81.7 Å². The molecule has 3 rings (SSSR count). The van der Waals surface area contributed by atoms with E-state index in [4.69, 9.17) is 51.1 Å². The van der Waals surface area contributed by atoms with E-state index >= 15 is 0 Å². The van der Waals surface area contributed by atoms with Crippen molar-refractivity contribution < 1.29 is 14.3 Å². The van der Waals surface area contributed by atoms with E-state index < -0.39 is 0 Å². The van der Waals surface area contributed by atoms with E-state index in [-0.39, 0.29) is 15.3 Å². The first-order valence-electron chi connectivity index (χ1n) is 6.95. The van der Waals surface area contributed by atoms with Crippen LogP contribution in [0.1, 0.15) is 13.8 Å². The Kier molecular flexibility index (Phi) is 6.34. The second kappa shape index (κ2) is 8.03. The average molecular weight is 486 g/mol. The molecule has 136 valence electrons. The number of hydrogen-bond acceptors (Lipinski definition) is 6. The van der Waals surface area contributed by atoms with Crippen molar-refractivity contribution in [2.24, 2.45) is 0 Å². The number of rotatable bonds is 2. The fourth-order valence-electron chi connectivity index (χ4n) is 2.15. The van der Waals surface area contributed by atoms with E-state index in [1.807, 2.05) is 0 Å². The second-order valence-electron chi connectivity index (χ2n) is 5.05. The summed E-state index contributed by atoms with van der Waals surface area (Å²) in [6, 6.07) is 3.27. The molecule has 0 radical (unpaired) electrons. The maximum atomic E-state index is 11.7. The summed E-state index contributed by atoms with van der Waals surface area (Å²) < 4.78 is 5.91. The Morgan fingerprint density at radius 1 is 0.923 bits per heavy atom. The Morgan fingerprint density at radius 2 is 1.46 bits per heavy atom. The summed E-state index contributed by atoms with van der Waals surface area (Å²) in [4.78, 5) is 25.4. The fourth-order valence-corrected chi connectivity index (χ4v) is 6.13. The maximum absolute atomic E-state index is 11.7. The zero-order valence-electron chi connectivity index (χ0n) is 13.1. The van der Waals surface area contributed by atoms with Crippen LogP contribution in [-0.2, 0) is 9.59 Å². The van der Waals surface area contributed by atoms with Gasteiger partial charge in [-0.3, -0.25) is 9.59 Å². The van der Waals surface area contributed by atoms with Crippen molar-refractivity contribution in [3.63, 3.8) is 0 Å². The summed E-state index contributed by atoms with van der Waals surface area (Å²) in [5.74, 6) is 0.810. The number of fused-ring (bicyclic) bond motifs is 2. The van der Waals surface area contributed by atoms with Gasteiger partial charge in [0.2, 0.25) is 0 Å². The molecule has 2 aromatic rings. The highest BCUT2D eigenvalue weighted by Crippen LogP contribution is 2.58. The standard InChI is InChI=1S/C16H8Cl4O3S3/c1-5(21)24-15-11(19)13-14(12(20)16(15)25-6(2)22)26-10-4-8(18)7(17)3-9(10)23-13/h3-4H,1-2H3. The SMILES string of the molecule is CC(=O)Sc1c(Cl)c2c(c(Cl)c1SC(C)=O)Sc1cc(Cl)c(Cl)cc1O2. The van der Waals surface area contributed by atoms with Crippen LogP contribution < -0.4 is 4.74 Å². The molecule has 0 atom stereocenters. The highest BCUT2D eigenvalue weighted by Gasteiger charge is 2.31. The van der Waals surface area contributed by atoms with Crippen molar-refractivity contribution in [1.82, 2.24) is 0 Å². The van der Waals surface area contributed by atoms with E-state index in [0.717, 1.165) is 28.4 Å². The summed E-state index contributed by atoms with van der Waals surface area (Å²) in [5.41, 5.74) is 0. The first-order valence-corrected chi connectivity index (χ1v) is 10.9. The first-order chi connectivity index (χ1) is 12.2. The van der Waals surface area contributed by atoms with Gasteiger partial charge < -0.3 is 4.74 Å². The molecule has 0 unspecified atom stereocenters. The number of hydrogen-bond donors (Lipinski definition) is 0. The van der Waals surface area contributed by atoms with E-state index in [0.29, 0.717) is 41.3 Å². The van der Waals surface area contributed by atoms with Crippen LogP contribution in [-0.4, -0.2) is 10.2 Å². The molecule has 0 amide bonds. The molecule has 3 nitrogen and oxygen atoms in total. The monoisotopic (exact) mass is 484 g/mol. The van der Waals surface area contributed by atoms with E-state index in [1.54, 1.807) is 12.1 Å². The van der Waals surface area contributed by atoms with E-state index in [1.165, 1.54) is 25.6 Å². The van der Waals surface area contributed by atoms with Crippen LogP contribution in [0.4, 0.5) is 0 Å². The molecule has 0 spiro atoms. The second-order valence-corrected chi connectivity index (χ2v) is 10.0. The summed E-state index contributed by atoms with van der Waals surface area (Å²) in [6.45, 7) is 2.82. The van der Waals surface area contributed by atoms with Gasteiger partial charge in [0.1, 0.15) is 5.75 Å². The molecule has 0 bridgehead atoms. The number of halogens is 4. The molecule has 0 saturated carbocycles. The molecule has 1 aliphatic heterocycles. The predicted octanol–water partition coefficient (Wildman–Crippen LogP) is 7.83. The molecule has 10 heteroatoms. The topological polar surface area (TPSA) is 43.4 Å². The fraction of sp³-hybridized carbons (Fsp3) is 0.125. The Hall–Kier alpha value is -0.210. The lowest BCUT2D eigenvalue weighted by Gasteiger charge is -2.25. The van der Waals surface area contributed by atoms with Crippen LogP contribution in [0.15, 0.2) is 31.7 Å². The number of carbonyl (C=O) groups is 2. The molecular formula is C16H8Cl4O3S3. The predicted molar refractivity (Wildman–Crippen MR) is 110 cm³/mol. The van der Waals surface area contributed by atoms with Crippen molar-refractivity contribution in [3.8, 4) is 11.5 Å². The zero-order valence-corrected chi connectivity index (χ0v) is 18.6. The summed E-state index contributed by atoms with van der Waals surface area (Å²) in [5, 5.41) is 0.887. The Morgan fingerprint density at radius 3 is 2.04 bits per heavy atom. The number of thioether (sulfide) groups is 2. The van der Waals surface area contributed by atoms with Gasteiger partial charge in [-0.2, -0.15) is 0 Å². The highest BCUT2D eigenvalue weighted by molar-refractivity contribution is 8.16. The molecular weight excluding hydrogens is 478 g/mol. The third kappa shape index (κ3) is 3.97. The van der Waals surface area contributed by atoms with Crippen molar-refractivity contribution in [1.29, 1.82) is 0 Å². The van der Waals surface area contributed by atoms with Crippen molar-refractivity contribution in [3.05, 3.63) is 32.2 Å². The third-order valence-corrected chi connectivity index (χ3v) is 7.97. The van der Waals surface area contributed by atoms with Crippen LogP contribution in [0.2, 0.25) is 20.1 Å². The van der Waals surface area contributed by atoms with Gasteiger partial charge in [0.25, 0.3) is 0 Å². The lowest BCUT2D eigenvalue weighted by atomic mass is 10.3. The van der Waals surface area contributed by atoms with Crippen LogP contribution in [0.25, 0.3) is 0 Å². The molecule has 1 aliphatic rings. The van der Waals surface area contributed by atoms with Gasteiger partial charge in [-0.15, -0.1) is 0 Å². The molecule has 0 N–H and O–H groups in total. The molecule has 0 aliphatic carbocycles. The van der Waals surface area contributed by atoms with Crippen LogP contribution in [0.5, 0.6) is 11.5 Å². The highest BCUT2D eigenvalue weighted by atomic mass is 35.5. The van der Waals surface area contributed by atoms with Gasteiger partial charge >= 0.3 is 0 Å². The number of carbonyl (C=O) groups excluding carboxylic acids is 2. The molecule has 0 aromatic heterocycles. The summed E-state index contributed by atoms with van der Waals surface area (Å²) >= 11 is 28.3. The van der Waals surface area contributed by atoms with Crippen LogP contribution in [0.3, 0.4) is 0 Å². The van der Waals surface area contributed by atoms with Crippen molar-refractivity contribution in [2.45, 2.75) is 33.4 Å². The average Bonchev–Trinajstić information content (AvgIpc) is 2.55. The number of benzene rings is 2. The normalized spacial score (nSPS) is 12.2. The van der Waals surface area contributed by atoms with E-state index in [2.05, 4.69) is 0 Å². The van der Waals surface area contributed by atoms with E-state index in [9.17, 15) is 9.59 Å². The van der Waals surface area contributed by atoms with Gasteiger partial charge in [-0.1, -0.05) is 58.2 Å². The minimum atomic E-state index is -0.188. The van der Waals surface area contributed by atoms with Gasteiger partial charge in [0.15, 0.2) is 16.0 Å². The minimum Gasteiger partial charge on any atom is -0.453 e. The van der Waals surface area contributed by atoms with Gasteiger partial charge in [-0.05, 0) is 29.6 Å². The minimum absolute atomic E-state index is 0.176. The first kappa shape index (κ1) is 20.5. The molecule has 26 heavy (non-hydrogen) atoms. The van der Waals surface area contributed by atoms with Crippen molar-refractivity contribution in [2.75, 3.05) is 0 Å². The third-order valence-electron chi connectivity index (χ3n) is 3.11. The lowest BCUT2D eigenvalue weighted by Crippen LogP contribution is -2.01. The van der Waals surface area contributed by atoms with Gasteiger partial charge in [-0.25, -0.2) is 0 Å². The summed E-state index contributed by atoms with van der Waals surface area (Å²) in [6.07, 6.45) is 0. The molecule has 0 saturated heterocycles. The lowest BCUT2D eigenvalue weighted by molar-refractivity contribution is -0.110. The largest absolute Gasteiger partial charge is 0.453 e. The van der Waals surface area contributed by atoms with Crippen molar-refractivity contribution >= 4 is 91.9 Å². The quantitative estimate of drug-likeness (QED) is 0.344. The molecule has 0 fully saturated rings. The Labute approximate surface area is 182 Å². The smallest absolute Gasteiger partial charge is 0.190 e. The zero-order chi connectivity index (χ0) is 19.2. The Bertz CT molecular complexity index is 887. The van der Waals surface area contributed by atoms with Gasteiger partial charge in [0.05, 0.1) is 39.7 Å². The van der Waals surface area contributed by atoms with Gasteiger partial charge in [0, 0.05) is 19.9 Å². The molecule has 2 aromatic carbocycles. The van der Waals surface area contributed by atoms with Crippen LogP contribution in [0, 0.1) is 0 Å². The maximum Gasteiger partial charge on any atom is 0.190 e. The molecule has 1 heterocycles. The Balaban J connectivity index is 2.21. The number of ether oxygens (including phenoxy) is 1.